The molecular weight excluding hydrogens is 239 g/mol. The van der Waals surface area contributed by atoms with Crippen LogP contribution in [0.25, 0.3) is 11.0 Å². The van der Waals surface area contributed by atoms with Crippen molar-refractivity contribution in [2.75, 3.05) is 5.32 Å². The molecule has 3 rings (SSSR count). The van der Waals surface area contributed by atoms with E-state index in [0.717, 1.165) is 4.88 Å². The lowest BCUT2D eigenvalue weighted by Crippen LogP contribution is -1.98. The van der Waals surface area contributed by atoms with E-state index >= 15 is 0 Å². The zero-order valence-corrected chi connectivity index (χ0v) is 9.59. The highest BCUT2D eigenvalue weighted by molar-refractivity contribution is 7.09. The van der Waals surface area contributed by atoms with Crippen LogP contribution in [-0.4, -0.2) is 15.0 Å². The van der Waals surface area contributed by atoms with E-state index < -0.39 is 0 Å². The van der Waals surface area contributed by atoms with E-state index in [0.29, 0.717) is 23.5 Å². The minimum absolute atomic E-state index is 0.315. The van der Waals surface area contributed by atoms with Crippen LogP contribution in [0.1, 0.15) is 4.88 Å². The maximum Gasteiger partial charge on any atom is 0.201 e. The van der Waals surface area contributed by atoms with Gasteiger partial charge in [0.1, 0.15) is 5.52 Å². The molecule has 0 fully saturated rings. The topological polar surface area (TPSA) is 53.6 Å². The van der Waals surface area contributed by atoms with Crippen molar-refractivity contribution < 1.29 is 4.39 Å². The molecule has 0 amide bonds. The molecule has 0 atom stereocenters. The summed E-state index contributed by atoms with van der Waals surface area (Å²) in [6.45, 7) is 0.631. The molecule has 6 heteroatoms. The van der Waals surface area contributed by atoms with Crippen LogP contribution >= 0.6 is 11.3 Å². The van der Waals surface area contributed by atoms with Gasteiger partial charge in [0.05, 0.1) is 17.6 Å². The quantitative estimate of drug-likeness (QED) is 0.749. The molecule has 2 aromatic heterocycles. The molecule has 0 radical (unpaired) electrons. The zero-order chi connectivity index (χ0) is 11.7. The molecule has 3 aromatic rings. The summed E-state index contributed by atoms with van der Waals surface area (Å²) in [6, 6.07) is 4.85. The molecule has 2 N–H and O–H groups in total. The van der Waals surface area contributed by atoms with Crippen molar-refractivity contribution in [2.45, 2.75) is 6.54 Å². The molecule has 86 valence electrons. The van der Waals surface area contributed by atoms with Crippen molar-refractivity contribution in [3.8, 4) is 0 Å². The summed E-state index contributed by atoms with van der Waals surface area (Å²) in [5, 5.41) is 3.10. The number of aromatic nitrogens is 3. The molecule has 4 nitrogen and oxygen atoms in total. The summed E-state index contributed by atoms with van der Waals surface area (Å²) in [5.41, 5.74) is 2.83. The number of aromatic amines is 1. The van der Waals surface area contributed by atoms with Crippen LogP contribution in [0.2, 0.25) is 0 Å². The second-order valence-corrected chi connectivity index (χ2v) is 4.51. The molecule has 2 heterocycles. The summed E-state index contributed by atoms with van der Waals surface area (Å²) in [6.07, 6.45) is 1.79. The normalized spacial score (nSPS) is 10.9. The third kappa shape index (κ3) is 1.99. The molecule has 0 spiro atoms. The van der Waals surface area contributed by atoms with Gasteiger partial charge < -0.3 is 10.3 Å². The number of fused-ring (bicyclic) bond motifs is 1. The number of rotatable bonds is 3. The number of hydrogen-bond donors (Lipinski definition) is 2. The van der Waals surface area contributed by atoms with Gasteiger partial charge in [-0.05, 0) is 12.1 Å². The van der Waals surface area contributed by atoms with Gasteiger partial charge >= 0.3 is 0 Å². The van der Waals surface area contributed by atoms with E-state index in [2.05, 4.69) is 20.3 Å². The number of imidazole rings is 1. The fourth-order valence-electron chi connectivity index (χ4n) is 1.58. The molecule has 0 aliphatic rings. The van der Waals surface area contributed by atoms with Gasteiger partial charge in [0, 0.05) is 11.1 Å². The summed E-state index contributed by atoms with van der Waals surface area (Å²) < 4.78 is 13.4. The van der Waals surface area contributed by atoms with E-state index in [1.807, 2.05) is 0 Å². The maximum absolute atomic E-state index is 13.4. The highest BCUT2D eigenvalue weighted by atomic mass is 32.1. The number of thiazole rings is 1. The number of benzene rings is 1. The van der Waals surface area contributed by atoms with Crippen LogP contribution in [-0.2, 0) is 6.54 Å². The first-order valence-corrected chi connectivity index (χ1v) is 5.96. The second-order valence-electron chi connectivity index (χ2n) is 3.54. The minimum Gasteiger partial charge on any atom is -0.351 e. The number of hydrogen-bond acceptors (Lipinski definition) is 4. The lowest BCUT2D eigenvalue weighted by molar-refractivity contribution is 0.637. The molecule has 0 saturated heterocycles. The largest absolute Gasteiger partial charge is 0.351 e. The maximum atomic E-state index is 13.4. The highest BCUT2D eigenvalue weighted by Gasteiger charge is 2.06. The van der Waals surface area contributed by atoms with Crippen molar-refractivity contribution >= 4 is 28.3 Å². The Morgan fingerprint density at radius 1 is 1.41 bits per heavy atom. The Labute approximate surface area is 101 Å². The van der Waals surface area contributed by atoms with Gasteiger partial charge in [-0.2, -0.15) is 0 Å². The number of anilines is 1. The first kappa shape index (κ1) is 10.2. The fraction of sp³-hybridized carbons (Fsp3) is 0.0909. The predicted molar refractivity (Wildman–Crippen MR) is 65.5 cm³/mol. The van der Waals surface area contributed by atoms with Crippen molar-refractivity contribution in [1.82, 2.24) is 15.0 Å². The van der Waals surface area contributed by atoms with Gasteiger partial charge in [-0.25, -0.2) is 9.37 Å². The van der Waals surface area contributed by atoms with E-state index in [9.17, 15) is 4.39 Å². The third-order valence-electron chi connectivity index (χ3n) is 2.38. The van der Waals surface area contributed by atoms with Crippen LogP contribution in [0, 0.1) is 5.82 Å². The minimum atomic E-state index is -0.315. The molecule has 0 unspecified atom stereocenters. The van der Waals surface area contributed by atoms with Crippen LogP contribution in [0.3, 0.4) is 0 Å². The summed E-state index contributed by atoms with van der Waals surface area (Å²) in [7, 11) is 0. The Balaban J connectivity index is 1.84. The van der Waals surface area contributed by atoms with E-state index in [-0.39, 0.29) is 5.82 Å². The van der Waals surface area contributed by atoms with Crippen LogP contribution in [0.15, 0.2) is 29.9 Å². The van der Waals surface area contributed by atoms with Crippen LogP contribution in [0.5, 0.6) is 0 Å². The standard InChI is InChI=1S/C11H9FN4S/c12-8-2-1-3-9-10(8)16-11(15-9)14-5-7-4-13-6-17-7/h1-4,6H,5H2,(H2,14,15,16). The summed E-state index contributed by atoms with van der Waals surface area (Å²) >= 11 is 1.56. The molecule has 17 heavy (non-hydrogen) atoms. The molecule has 1 aromatic carbocycles. The molecular formula is C11H9FN4S. The van der Waals surface area contributed by atoms with E-state index in [4.69, 9.17) is 0 Å². The SMILES string of the molecule is Fc1cccc2[nH]c(NCc3cncs3)nc12. The van der Waals surface area contributed by atoms with Crippen molar-refractivity contribution in [2.24, 2.45) is 0 Å². The van der Waals surface area contributed by atoms with Crippen LogP contribution < -0.4 is 5.32 Å². The van der Waals surface area contributed by atoms with Crippen LogP contribution in [0.4, 0.5) is 10.3 Å². The predicted octanol–water partition coefficient (Wildman–Crippen LogP) is 2.77. The van der Waals surface area contributed by atoms with E-state index in [1.165, 1.54) is 6.07 Å². The Morgan fingerprint density at radius 3 is 3.12 bits per heavy atom. The summed E-state index contributed by atoms with van der Waals surface area (Å²) in [4.78, 5) is 12.3. The van der Waals surface area contributed by atoms with Gasteiger partial charge in [-0.15, -0.1) is 11.3 Å². The summed E-state index contributed by atoms with van der Waals surface area (Å²) in [5.74, 6) is 0.253. The monoisotopic (exact) mass is 248 g/mol. The smallest absolute Gasteiger partial charge is 0.201 e. The zero-order valence-electron chi connectivity index (χ0n) is 8.77. The molecule has 0 aliphatic heterocycles. The molecule has 0 bridgehead atoms. The van der Waals surface area contributed by atoms with Gasteiger partial charge in [-0.1, -0.05) is 6.07 Å². The van der Waals surface area contributed by atoms with Crippen molar-refractivity contribution in [3.05, 3.63) is 40.6 Å². The number of nitrogens with one attached hydrogen (secondary N) is 2. The average Bonchev–Trinajstić information content (AvgIpc) is 2.95. The lowest BCUT2D eigenvalue weighted by Gasteiger charge is -1.97. The fourth-order valence-corrected chi connectivity index (χ4v) is 2.12. The number of nitrogens with zero attached hydrogens (tertiary/aromatic N) is 2. The second kappa shape index (κ2) is 4.14. The first-order chi connectivity index (χ1) is 8.33. The Morgan fingerprint density at radius 2 is 2.35 bits per heavy atom. The molecule has 0 saturated carbocycles. The number of halogens is 1. The highest BCUT2D eigenvalue weighted by Crippen LogP contribution is 2.17. The van der Waals surface area contributed by atoms with E-state index in [1.54, 1.807) is 35.2 Å². The van der Waals surface area contributed by atoms with Gasteiger partial charge in [0.25, 0.3) is 0 Å². The number of H-pyrrole nitrogens is 1. The van der Waals surface area contributed by atoms with Gasteiger partial charge in [0.2, 0.25) is 5.95 Å². The number of para-hydroxylation sites is 1. The Kier molecular flexibility index (Phi) is 2.49. The first-order valence-electron chi connectivity index (χ1n) is 5.08. The van der Waals surface area contributed by atoms with Crippen molar-refractivity contribution in [1.29, 1.82) is 0 Å². The van der Waals surface area contributed by atoms with Gasteiger partial charge in [-0.3, -0.25) is 4.98 Å². The van der Waals surface area contributed by atoms with Gasteiger partial charge in [0.15, 0.2) is 5.82 Å². The lowest BCUT2D eigenvalue weighted by atomic mass is 10.3. The third-order valence-corrected chi connectivity index (χ3v) is 3.16. The Hall–Kier alpha value is -1.95. The average molecular weight is 248 g/mol. The molecule has 0 aliphatic carbocycles. The Bertz CT molecular complexity index is 632. The van der Waals surface area contributed by atoms with Crippen molar-refractivity contribution in [3.63, 3.8) is 0 Å².